The molecule has 0 aliphatic rings. The van der Waals surface area contributed by atoms with Gasteiger partial charge in [0.25, 0.3) is 5.89 Å². The third-order valence-electron chi connectivity index (χ3n) is 3.26. The zero-order valence-electron chi connectivity index (χ0n) is 12.6. The Morgan fingerprint density at radius 2 is 1.83 bits per heavy atom. The number of rotatable bonds is 4. The van der Waals surface area contributed by atoms with E-state index in [-0.39, 0.29) is 5.56 Å². The summed E-state index contributed by atoms with van der Waals surface area (Å²) < 4.78 is 5.72. The Labute approximate surface area is 133 Å². The smallest absolute Gasteiger partial charge is 0.335 e. The van der Waals surface area contributed by atoms with Crippen molar-refractivity contribution in [3.8, 4) is 22.9 Å². The van der Waals surface area contributed by atoms with Crippen molar-refractivity contribution in [2.75, 3.05) is 19.0 Å². The van der Waals surface area contributed by atoms with E-state index in [2.05, 4.69) is 22.3 Å². The average Bonchev–Trinajstić information content (AvgIpc) is 3.04. The average molecular weight is 307 g/mol. The molecule has 0 unspecified atom stereocenters. The minimum atomic E-state index is -0.977. The van der Waals surface area contributed by atoms with E-state index in [1.165, 1.54) is 12.1 Å². The highest BCUT2D eigenvalue weighted by Gasteiger charge is 2.15. The molecule has 0 aliphatic heterocycles. The van der Waals surface area contributed by atoms with E-state index < -0.39 is 5.97 Å². The molecule has 0 amide bonds. The minimum Gasteiger partial charge on any atom is -0.478 e. The van der Waals surface area contributed by atoms with Gasteiger partial charge in [0.05, 0.1) is 11.1 Å². The molecule has 1 heterocycles. The molecular formula is C17H13N3O3. The number of carboxylic acid groups (broad SMARTS) is 1. The standard InChI is InChI=1S/C17H13N3O3/c1-20(2)14-6-4-3-5-13(14)16-19-18-15(23-16)11-7-9-12(10-8-11)17(21)22/h3,5,7-10H,1-2H3,(H,21,22). The van der Waals surface area contributed by atoms with Crippen molar-refractivity contribution in [3.05, 3.63) is 54.1 Å². The summed E-state index contributed by atoms with van der Waals surface area (Å²) in [4.78, 5) is 12.8. The van der Waals surface area contributed by atoms with Gasteiger partial charge in [-0.05, 0) is 42.5 Å². The van der Waals surface area contributed by atoms with Crippen molar-refractivity contribution in [1.82, 2.24) is 10.2 Å². The summed E-state index contributed by atoms with van der Waals surface area (Å²) in [6, 6.07) is 15.7. The molecule has 1 aromatic heterocycles. The maximum atomic E-state index is 10.9. The van der Waals surface area contributed by atoms with Gasteiger partial charge in [0.2, 0.25) is 5.89 Å². The van der Waals surface area contributed by atoms with Gasteiger partial charge in [-0.1, -0.05) is 6.07 Å². The lowest BCUT2D eigenvalue weighted by molar-refractivity contribution is 0.0697. The second-order valence-electron chi connectivity index (χ2n) is 5.05. The fourth-order valence-electron chi connectivity index (χ4n) is 2.11. The quantitative estimate of drug-likeness (QED) is 0.798. The Bertz CT molecular complexity index is 838. The Morgan fingerprint density at radius 1 is 1.13 bits per heavy atom. The number of hydrogen-bond acceptors (Lipinski definition) is 5. The molecule has 1 N–H and O–H groups in total. The lowest BCUT2D eigenvalue weighted by Crippen LogP contribution is -2.09. The van der Waals surface area contributed by atoms with Crippen LogP contribution >= 0.6 is 0 Å². The second-order valence-corrected chi connectivity index (χ2v) is 5.05. The summed E-state index contributed by atoms with van der Waals surface area (Å²) in [6.07, 6.45) is 0. The van der Waals surface area contributed by atoms with Gasteiger partial charge in [-0.25, -0.2) is 4.79 Å². The highest BCUT2D eigenvalue weighted by Crippen LogP contribution is 2.29. The first-order chi connectivity index (χ1) is 11.1. The van der Waals surface area contributed by atoms with Gasteiger partial charge in [-0.15, -0.1) is 10.2 Å². The molecule has 0 bridgehead atoms. The maximum Gasteiger partial charge on any atom is 0.335 e. The Balaban J connectivity index is 1.96. The lowest BCUT2D eigenvalue weighted by Gasteiger charge is -2.12. The van der Waals surface area contributed by atoms with E-state index >= 15 is 0 Å². The first kappa shape index (κ1) is 14.6. The lowest BCUT2D eigenvalue weighted by atomic mass is 10.1. The number of anilines is 1. The molecular weight excluding hydrogens is 294 g/mol. The Morgan fingerprint density at radius 3 is 2.48 bits per heavy atom. The van der Waals surface area contributed by atoms with E-state index in [4.69, 9.17) is 9.52 Å². The third kappa shape index (κ3) is 2.85. The van der Waals surface area contributed by atoms with Crippen LogP contribution in [0.4, 0.5) is 5.69 Å². The summed E-state index contributed by atoms with van der Waals surface area (Å²) in [5.74, 6) is -0.278. The number of benzene rings is 1. The zero-order chi connectivity index (χ0) is 16.4. The fourth-order valence-corrected chi connectivity index (χ4v) is 2.11. The number of aromatic nitrogens is 2. The molecule has 0 fully saturated rings. The van der Waals surface area contributed by atoms with Crippen molar-refractivity contribution in [2.45, 2.75) is 0 Å². The predicted octanol–water partition coefficient (Wildman–Crippen LogP) is 2.77. The normalized spacial score (nSPS) is 10.2. The molecule has 6 nitrogen and oxygen atoms in total. The molecule has 0 atom stereocenters. The van der Waals surface area contributed by atoms with Crippen molar-refractivity contribution in [2.24, 2.45) is 0 Å². The van der Waals surface area contributed by atoms with Gasteiger partial charge in [-0.3, -0.25) is 0 Å². The topological polar surface area (TPSA) is 79.5 Å². The van der Waals surface area contributed by atoms with Crippen molar-refractivity contribution in [3.63, 3.8) is 0 Å². The summed E-state index contributed by atoms with van der Waals surface area (Å²) >= 11 is 0. The molecule has 6 heteroatoms. The molecule has 0 saturated carbocycles. The number of hydrogen-bond donors (Lipinski definition) is 1. The molecule has 114 valence electrons. The van der Waals surface area contributed by atoms with E-state index in [0.717, 1.165) is 11.3 Å². The molecule has 3 aromatic rings. The van der Waals surface area contributed by atoms with E-state index in [1.54, 1.807) is 18.2 Å². The van der Waals surface area contributed by atoms with Gasteiger partial charge >= 0.3 is 5.97 Å². The number of carbonyl (C=O) groups is 1. The van der Waals surface area contributed by atoms with Crippen LogP contribution in [0.3, 0.4) is 0 Å². The summed E-state index contributed by atoms with van der Waals surface area (Å²) in [5, 5.41) is 17.0. The van der Waals surface area contributed by atoms with E-state index in [0.29, 0.717) is 17.3 Å². The van der Waals surface area contributed by atoms with Gasteiger partial charge in [-0.2, -0.15) is 0 Å². The van der Waals surface area contributed by atoms with Crippen LogP contribution in [0.2, 0.25) is 0 Å². The molecule has 3 rings (SSSR count). The Kier molecular flexibility index (Phi) is 3.69. The largest absolute Gasteiger partial charge is 0.478 e. The van der Waals surface area contributed by atoms with Crippen LogP contribution < -0.4 is 4.90 Å². The summed E-state index contributed by atoms with van der Waals surface area (Å²) in [7, 11) is 3.79. The predicted molar refractivity (Wildman–Crippen MR) is 84.1 cm³/mol. The SMILES string of the molecule is CN(C)c1c#cccc1-c1nnc(-c2ccc(C(=O)O)cc2)o1. The fraction of sp³-hybridized carbons (Fsp3) is 0.118. The van der Waals surface area contributed by atoms with Crippen molar-refractivity contribution >= 4 is 11.7 Å². The molecule has 0 radical (unpaired) electrons. The van der Waals surface area contributed by atoms with E-state index in [1.807, 2.05) is 25.1 Å². The highest BCUT2D eigenvalue weighted by molar-refractivity contribution is 5.88. The van der Waals surface area contributed by atoms with Crippen LogP contribution in [0.15, 0.2) is 40.8 Å². The zero-order valence-corrected chi connectivity index (χ0v) is 12.6. The van der Waals surface area contributed by atoms with Gasteiger partial charge in [0.1, 0.15) is 5.69 Å². The number of nitrogens with zero attached hydrogens (tertiary/aromatic N) is 3. The molecule has 2 aromatic carbocycles. The van der Waals surface area contributed by atoms with Crippen LogP contribution in [0.1, 0.15) is 10.4 Å². The van der Waals surface area contributed by atoms with Gasteiger partial charge in [0, 0.05) is 19.7 Å². The van der Waals surface area contributed by atoms with Crippen LogP contribution in [-0.4, -0.2) is 35.4 Å². The molecule has 0 spiro atoms. The number of aromatic carboxylic acids is 1. The molecule has 23 heavy (non-hydrogen) atoms. The summed E-state index contributed by atoms with van der Waals surface area (Å²) in [5.41, 5.74) is 2.42. The van der Waals surface area contributed by atoms with Crippen LogP contribution in [0.25, 0.3) is 22.9 Å². The van der Waals surface area contributed by atoms with Gasteiger partial charge in [0.15, 0.2) is 0 Å². The van der Waals surface area contributed by atoms with Crippen LogP contribution in [0, 0.1) is 12.1 Å². The van der Waals surface area contributed by atoms with Crippen molar-refractivity contribution in [1.29, 1.82) is 0 Å². The second kappa shape index (κ2) is 5.81. The maximum absolute atomic E-state index is 10.9. The third-order valence-corrected chi connectivity index (χ3v) is 3.26. The van der Waals surface area contributed by atoms with E-state index in [9.17, 15) is 4.79 Å². The van der Waals surface area contributed by atoms with Crippen molar-refractivity contribution < 1.29 is 14.3 Å². The highest BCUT2D eigenvalue weighted by atomic mass is 16.4. The first-order valence-electron chi connectivity index (χ1n) is 6.83. The van der Waals surface area contributed by atoms with Gasteiger partial charge < -0.3 is 14.4 Å². The minimum absolute atomic E-state index is 0.205. The first-order valence-corrected chi connectivity index (χ1v) is 6.83. The molecule has 0 aliphatic carbocycles. The number of carboxylic acids is 1. The Hall–Kier alpha value is -3.33. The summed E-state index contributed by atoms with van der Waals surface area (Å²) in [6.45, 7) is 0. The monoisotopic (exact) mass is 307 g/mol. The van der Waals surface area contributed by atoms with Crippen LogP contribution in [0.5, 0.6) is 0 Å². The van der Waals surface area contributed by atoms with Crippen LogP contribution in [-0.2, 0) is 0 Å². The molecule has 0 saturated heterocycles.